The van der Waals surface area contributed by atoms with Gasteiger partial charge in [-0.1, -0.05) is 13.8 Å². The van der Waals surface area contributed by atoms with E-state index in [4.69, 9.17) is 0 Å². The molecule has 4 rings (SSSR count). The molecule has 161 valence electrons. The predicted molar refractivity (Wildman–Crippen MR) is 117 cm³/mol. The molecule has 0 aromatic rings. The van der Waals surface area contributed by atoms with Crippen LogP contribution in [-0.2, 0) is 30.9 Å². The first kappa shape index (κ1) is 22.8. The zero-order valence-electron chi connectivity index (χ0n) is 20.0. The molecule has 0 aromatic carbocycles. The second kappa shape index (κ2) is 8.19. The van der Waals surface area contributed by atoms with Crippen LogP contribution < -0.4 is 0 Å². The van der Waals surface area contributed by atoms with Crippen molar-refractivity contribution >= 4 is 6.29 Å². The molecule has 0 aromatic heterocycles. The van der Waals surface area contributed by atoms with Gasteiger partial charge in [0.1, 0.15) is 0 Å². The van der Waals surface area contributed by atoms with Crippen LogP contribution >= 0.6 is 0 Å². The second-order valence-corrected chi connectivity index (χ2v) is 15.0. The predicted octanol–water partition coefficient (Wildman–Crippen LogP) is 7.48. The molecular formula is C27H45HgO. The summed E-state index contributed by atoms with van der Waals surface area (Å²) in [4.78, 5) is 12.7. The average molecular weight is 586 g/mol. The number of fused-ring (bicyclic) bond motifs is 5. The van der Waals surface area contributed by atoms with E-state index >= 15 is 0 Å². The first-order valence-corrected chi connectivity index (χ1v) is 16.9. The zero-order valence-corrected chi connectivity index (χ0v) is 25.5. The molecule has 2 heteroatoms. The van der Waals surface area contributed by atoms with Crippen molar-refractivity contribution in [3.8, 4) is 0 Å². The normalized spacial score (nSPS) is 49.7. The summed E-state index contributed by atoms with van der Waals surface area (Å²) in [6.07, 6.45) is 15.5. The molecule has 29 heavy (non-hydrogen) atoms. The van der Waals surface area contributed by atoms with E-state index < -0.39 is 0 Å². The average Bonchev–Trinajstić information content (AvgIpc) is 3.24. The van der Waals surface area contributed by atoms with Crippen molar-refractivity contribution in [3.63, 3.8) is 0 Å². The van der Waals surface area contributed by atoms with Gasteiger partial charge in [0.05, 0.1) is 0 Å². The van der Waals surface area contributed by atoms with Crippen LogP contribution in [0.25, 0.3) is 0 Å². The number of carbonyl (C=O) groups excluding carboxylic acids is 1. The van der Waals surface area contributed by atoms with Gasteiger partial charge in [0.2, 0.25) is 0 Å². The van der Waals surface area contributed by atoms with Crippen LogP contribution in [0, 0.1) is 57.7 Å². The van der Waals surface area contributed by atoms with Crippen LogP contribution in [0.2, 0.25) is 3.93 Å². The monoisotopic (exact) mass is 587 g/mol. The molecule has 0 saturated heterocycles. The zero-order chi connectivity index (χ0) is 21.0. The van der Waals surface area contributed by atoms with Crippen molar-refractivity contribution in [1.29, 1.82) is 0 Å². The van der Waals surface area contributed by atoms with Crippen LogP contribution in [0.5, 0.6) is 0 Å². The quantitative estimate of drug-likeness (QED) is 0.224. The minimum absolute atomic E-state index is 0.0519. The van der Waals surface area contributed by atoms with Gasteiger partial charge in [0.25, 0.3) is 0 Å². The van der Waals surface area contributed by atoms with Crippen LogP contribution in [0.1, 0.15) is 98.8 Å². The Balaban J connectivity index is 1.54. The third kappa shape index (κ3) is 3.28. The van der Waals surface area contributed by atoms with Gasteiger partial charge in [-0.05, 0) is 5.92 Å². The van der Waals surface area contributed by atoms with Crippen molar-refractivity contribution in [2.75, 3.05) is 0 Å². The third-order valence-corrected chi connectivity index (χ3v) is 14.1. The molecule has 0 heterocycles. The molecule has 0 spiro atoms. The molecular weight excluding hydrogens is 541 g/mol. The fourth-order valence-corrected chi connectivity index (χ4v) is 12.9. The Hall–Kier alpha value is 0.605. The van der Waals surface area contributed by atoms with E-state index in [9.17, 15) is 4.79 Å². The van der Waals surface area contributed by atoms with E-state index in [1.54, 1.807) is 0 Å². The summed E-state index contributed by atoms with van der Waals surface area (Å²) in [7, 11) is 0. The summed E-state index contributed by atoms with van der Waals surface area (Å²) in [5.41, 5.74) is 0.930. The Bertz CT molecular complexity index is 616. The van der Waals surface area contributed by atoms with Crippen molar-refractivity contribution in [2.45, 2.75) is 103 Å². The molecule has 0 N–H and O–H groups in total. The summed E-state index contributed by atoms with van der Waals surface area (Å²) in [5, 5.41) is 0. The number of hydrogen-bond acceptors (Lipinski definition) is 1. The van der Waals surface area contributed by atoms with Gasteiger partial charge in [0, 0.05) is 0 Å². The second-order valence-electron chi connectivity index (χ2n) is 12.7. The molecule has 9 atom stereocenters. The molecule has 0 radical (unpaired) electrons. The molecule has 4 saturated carbocycles. The van der Waals surface area contributed by atoms with Gasteiger partial charge in [-0.3, -0.25) is 0 Å². The van der Waals surface area contributed by atoms with Crippen LogP contribution in [0.15, 0.2) is 0 Å². The van der Waals surface area contributed by atoms with E-state index in [0.717, 1.165) is 67.5 Å². The van der Waals surface area contributed by atoms with Crippen molar-refractivity contribution in [1.82, 2.24) is 0 Å². The molecule has 0 bridgehead atoms. The van der Waals surface area contributed by atoms with Gasteiger partial charge >= 0.3 is 178 Å². The van der Waals surface area contributed by atoms with Gasteiger partial charge in [-0.2, -0.15) is 0 Å². The summed E-state index contributed by atoms with van der Waals surface area (Å²) in [6, 6.07) is 0. The number of rotatable bonds is 7. The van der Waals surface area contributed by atoms with E-state index in [1.165, 1.54) is 74.4 Å². The van der Waals surface area contributed by atoms with Crippen molar-refractivity contribution < 1.29 is 30.9 Å². The molecule has 0 amide bonds. The fourth-order valence-electron chi connectivity index (χ4n) is 9.82. The molecule has 1 nitrogen and oxygen atoms in total. The van der Waals surface area contributed by atoms with Crippen LogP contribution in [0.3, 0.4) is 0 Å². The standard InChI is InChI=1S/C27H45O.Hg/c1-18(2)8-7-9-19(3)22-10-11-23-21-16-27(17-28)20(4)12-15-26(27,6)24(21)13-14-25(22,23)5;/h17-24H,4,7-16H2,1-3,5-6H3;/t19-,20+,21+,22-,23+,24+,25-,26-,27+;/m1./s1. The number of hydrogen-bond donors (Lipinski definition) is 0. The summed E-state index contributed by atoms with van der Waals surface area (Å²) in [5.74, 6) is 5.98. The minimum atomic E-state index is 0.0519. The van der Waals surface area contributed by atoms with Gasteiger partial charge < -0.3 is 0 Å². The van der Waals surface area contributed by atoms with Crippen molar-refractivity contribution in [3.05, 3.63) is 0 Å². The van der Waals surface area contributed by atoms with Gasteiger partial charge in [-0.25, -0.2) is 0 Å². The van der Waals surface area contributed by atoms with Crippen LogP contribution in [0.4, 0.5) is 0 Å². The SMILES string of the molecule is CC(C)CCC[C@@H](C)[C@H]1CC[C@H]2[C@@H]3C[C@]4(C=O)[C@@H]([CH2][Hg])CC[C@]4(C)[C@H]3CC[C@]12C. The summed E-state index contributed by atoms with van der Waals surface area (Å²) >= 11 is 0.826. The molecule has 4 aliphatic rings. The molecule has 0 unspecified atom stereocenters. The van der Waals surface area contributed by atoms with E-state index in [1.807, 2.05) is 0 Å². The maximum absolute atomic E-state index is 12.7. The van der Waals surface area contributed by atoms with E-state index in [-0.39, 0.29) is 5.41 Å². The van der Waals surface area contributed by atoms with Gasteiger partial charge in [-0.15, -0.1) is 0 Å². The number of carbonyl (C=O) groups is 1. The van der Waals surface area contributed by atoms with Crippen molar-refractivity contribution in [2.24, 2.45) is 57.7 Å². The third-order valence-electron chi connectivity index (χ3n) is 11.4. The Morgan fingerprint density at radius 3 is 2.41 bits per heavy atom. The first-order chi connectivity index (χ1) is 13.7. The maximum atomic E-state index is 12.7. The fraction of sp³-hybridized carbons (Fsp3) is 0.963. The topological polar surface area (TPSA) is 17.1 Å². The van der Waals surface area contributed by atoms with Gasteiger partial charge in [0.15, 0.2) is 0 Å². The Labute approximate surface area is 196 Å². The molecule has 4 aliphatic carbocycles. The summed E-state index contributed by atoms with van der Waals surface area (Å²) in [6.45, 7) is 12.5. The Morgan fingerprint density at radius 1 is 1.00 bits per heavy atom. The Kier molecular flexibility index (Phi) is 6.43. The van der Waals surface area contributed by atoms with Crippen LogP contribution in [-0.4, -0.2) is 6.29 Å². The number of aldehydes is 1. The van der Waals surface area contributed by atoms with E-state index in [0.29, 0.717) is 10.8 Å². The van der Waals surface area contributed by atoms with E-state index in [2.05, 4.69) is 34.6 Å². The first-order valence-electron chi connectivity index (χ1n) is 13.0. The molecule has 4 fully saturated rings. The Morgan fingerprint density at radius 2 is 1.76 bits per heavy atom. The molecule has 0 aliphatic heterocycles. The summed E-state index contributed by atoms with van der Waals surface area (Å²) < 4.78 is 1.39.